The van der Waals surface area contributed by atoms with Crippen LogP contribution < -0.4 is 4.90 Å². The highest BCUT2D eigenvalue weighted by atomic mass is 79.9. The molecule has 0 N–H and O–H groups in total. The van der Waals surface area contributed by atoms with Crippen LogP contribution in [0.15, 0.2) is 10.8 Å². The Balaban J connectivity index is 2.26. The lowest BCUT2D eigenvalue weighted by Crippen LogP contribution is -2.38. The van der Waals surface area contributed by atoms with E-state index in [1.807, 2.05) is 6.20 Å². The summed E-state index contributed by atoms with van der Waals surface area (Å²) in [5, 5.41) is 0. The molecule has 0 aliphatic carbocycles. The highest BCUT2D eigenvalue weighted by molar-refractivity contribution is 9.10. The third-order valence-electron chi connectivity index (χ3n) is 2.54. The zero-order valence-corrected chi connectivity index (χ0v) is 10.7. The summed E-state index contributed by atoms with van der Waals surface area (Å²) in [5.41, 5.74) is 0. The molecule has 1 saturated heterocycles. The van der Waals surface area contributed by atoms with E-state index < -0.39 is 0 Å². The van der Waals surface area contributed by atoms with Crippen molar-refractivity contribution >= 4 is 21.9 Å². The molecule has 0 saturated carbocycles. The molecule has 1 aromatic rings. The lowest BCUT2D eigenvalue weighted by atomic mass is 10.4. The summed E-state index contributed by atoms with van der Waals surface area (Å²) in [6.45, 7) is 7.77. The Bertz CT molecular complexity index is 331. The van der Waals surface area contributed by atoms with Crippen molar-refractivity contribution in [2.75, 3.05) is 31.2 Å². The molecule has 1 aromatic heterocycles. The maximum atomic E-state index is 5.34. The van der Waals surface area contributed by atoms with E-state index in [2.05, 4.69) is 44.2 Å². The Labute approximate surface area is 98.4 Å². The molecule has 0 radical (unpaired) electrons. The third-order valence-corrected chi connectivity index (χ3v) is 3.13. The maximum absolute atomic E-state index is 5.34. The second kappa shape index (κ2) is 4.53. The third kappa shape index (κ3) is 2.18. The molecule has 2 heterocycles. The number of rotatable bonds is 2. The fourth-order valence-corrected chi connectivity index (χ4v) is 2.48. The van der Waals surface area contributed by atoms with Crippen LogP contribution in [0.3, 0.4) is 0 Å². The highest BCUT2D eigenvalue weighted by Gasteiger charge is 2.19. The molecule has 4 nitrogen and oxygen atoms in total. The van der Waals surface area contributed by atoms with Crippen molar-refractivity contribution in [3.8, 4) is 0 Å². The molecule has 15 heavy (non-hydrogen) atoms. The van der Waals surface area contributed by atoms with Crippen molar-refractivity contribution in [2.45, 2.75) is 19.9 Å². The van der Waals surface area contributed by atoms with Crippen LogP contribution >= 0.6 is 15.9 Å². The topological polar surface area (TPSA) is 30.3 Å². The minimum absolute atomic E-state index is 0.416. The molecule has 2 rings (SSSR count). The highest BCUT2D eigenvalue weighted by Crippen LogP contribution is 2.25. The van der Waals surface area contributed by atoms with Gasteiger partial charge in [0.2, 0.25) is 5.95 Å². The minimum atomic E-state index is 0.416. The van der Waals surface area contributed by atoms with E-state index in [0.717, 1.165) is 36.9 Å². The van der Waals surface area contributed by atoms with Crippen LogP contribution in [0.1, 0.15) is 19.9 Å². The van der Waals surface area contributed by atoms with E-state index in [1.54, 1.807) is 0 Å². The summed E-state index contributed by atoms with van der Waals surface area (Å²) < 4.78 is 8.58. The monoisotopic (exact) mass is 273 g/mol. The molecule has 84 valence electrons. The van der Waals surface area contributed by atoms with Gasteiger partial charge in [0.05, 0.1) is 19.4 Å². The molecule has 1 aliphatic rings. The summed E-state index contributed by atoms with van der Waals surface area (Å²) in [6, 6.07) is 0.416. The van der Waals surface area contributed by atoms with E-state index in [-0.39, 0.29) is 0 Å². The standard InChI is InChI=1S/C10H16BrN3O/c1-8(2)14-9(11)7-12-10(14)13-3-5-15-6-4-13/h7-8H,3-6H2,1-2H3. The van der Waals surface area contributed by atoms with E-state index in [0.29, 0.717) is 6.04 Å². The average Bonchev–Trinajstić information content (AvgIpc) is 2.61. The molecule has 1 aliphatic heterocycles. The van der Waals surface area contributed by atoms with E-state index in [4.69, 9.17) is 4.74 Å². The van der Waals surface area contributed by atoms with Gasteiger partial charge in [0.1, 0.15) is 4.60 Å². The number of aromatic nitrogens is 2. The molecule has 0 unspecified atom stereocenters. The Morgan fingerprint density at radius 2 is 2.07 bits per heavy atom. The van der Waals surface area contributed by atoms with Gasteiger partial charge in [0.15, 0.2) is 0 Å². The molecule has 0 bridgehead atoms. The van der Waals surface area contributed by atoms with Crippen LogP contribution in [-0.4, -0.2) is 35.9 Å². The molecule has 0 spiro atoms. The van der Waals surface area contributed by atoms with Crippen molar-refractivity contribution in [2.24, 2.45) is 0 Å². The van der Waals surface area contributed by atoms with E-state index >= 15 is 0 Å². The number of hydrogen-bond acceptors (Lipinski definition) is 3. The van der Waals surface area contributed by atoms with Gasteiger partial charge in [0.25, 0.3) is 0 Å². The predicted octanol–water partition coefficient (Wildman–Crippen LogP) is 2.06. The fourth-order valence-electron chi connectivity index (χ4n) is 1.81. The largest absolute Gasteiger partial charge is 0.378 e. The Hall–Kier alpha value is -0.550. The zero-order valence-electron chi connectivity index (χ0n) is 9.11. The molecule has 0 aromatic carbocycles. The summed E-state index contributed by atoms with van der Waals surface area (Å²) in [6.07, 6.45) is 1.87. The van der Waals surface area contributed by atoms with Gasteiger partial charge in [-0.15, -0.1) is 0 Å². The minimum Gasteiger partial charge on any atom is -0.378 e. The lowest BCUT2D eigenvalue weighted by Gasteiger charge is -2.29. The number of nitrogens with zero attached hydrogens (tertiary/aromatic N) is 3. The van der Waals surface area contributed by atoms with Crippen molar-refractivity contribution in [3.05, 3.63) is 10.8 Å². The van der Waals surface area contributed by atoms with Crippen LogP contribution in [0, 0.1) is 0 Å². The summed E-state index contributed by atoms with van der Waals surface area (Å²) in [4.78, 5) is 6.72. The van der Waals surface area contributed by atoms with E-state index in [1.165, 1.54) is 0 Å². The molecule has 5 heteroatoms. The number of hydrogen-bond donors (Lipinski definition) is 0. The average molecular weight is 274 g/mol. The van der Waals surface area contributed by atoms with Gasteiger partial charge in [-0.1, -0.05) is 0 Å². The molecule has 0 amide bonds. The molecular formula is C10H16BrN3O. The van der Waals surface area contributed by atoms with Gasteiger partial charge < -0.3 is 14.2 Å². The zero-order chi connectivity index (χ0) is 10.8. The summed E-state index contributed by atoms with van der Waals surface area (Å²) in [7, 11) is 0. The molecule has 0 atom stereocenters. The van der Waals surface area contributed by atoms with Gasteiger partial charge in [-0.25, -0.2) is 4.98 Å². The van der Waals surface area contributed by atoms with Gasteiger partial charge in [0, 0.05) is 19.1 Å². The number of anilines is 1. The normalized spacial score (nSPS) is 17.5. The van der Waals surface area contributed by atoms with E-state index in [9.17, 15) is 0 Å². The van der Waals surface area contributed by atoms with Crippen LogP contribution in [0.25, 0.3) is 0 Å². The van der Waals surface area contributed by atoms with Gasteiger partial charge >= 0.3 is 0 Å². The Kier molecular flexibility index (Phi) is 3.31. The van der Waals surface area contributed by atoms with Gasteiger partial charge in [-0.3, -0.25) is 0 Å². The maximum Gasteiger partial charge on any atom is 0.206 e. The van der Waals surface area contributed by atoms with Crippen molar-refractivity contribution in [1.82, 2.24) is 9.55 Å². The molecular weight excluding hydrogens is 258 g/mol. The lowest BCUT2D eigenvalue weighted by molar-refractivity contribution is 0.121. The Morgan fingerprint density at radius 1 is 1.40 bits per heavy atom. The first-order chi connectivity index (χ1) is 7.20. The second-order valence-corrected chi connectivity index (χ2v) is 4.76. The quantitative estimate of drug-likeness (QED) is 0.827. The van der Waals surface area contributed by atoms with Gasteiger partial charge in [-0.2, -0.15) is 0 Å². The van der Waals surface area contributed by atoms with Crippen LogP contribution in [-0.2, 0) is 4.74 Å². The van der Waals surface area contributed by atoms with Crippen LogP contribution in [0.5, 0.6) is 0 Å². The first-order valence-electron chi connectivity index (χ1n) is 5.25. The first-order valence-corrected chi connectivity index (χ1v) is 6.05. The number of morpholine rings is 1. The van der Waals surface area contributed by atoms with Crippen LogP contribution in [0.4, 0.5) is 5.95 Å². The first kappa shape index (κ1) is 11.0. The number of halogens is 1. The van der Waals surface area contributed by atoms with Crippen molar-refractivity contribution in [3.63, 3.8) is 0 Å². The van der Waals surface area contributed by atoms with Gasteiger partial charge in [-0.05, 0) is 29.8 Å². The van der Waals surface area contributed by atoms with Crippen molar-refractivity contribution < 1.29 is 4.74 Å². The summed E-state index contributed by atoms with van der Waals surface area (Å²) >= 11 is 3.53. The van der Waals surface area contributed by atoms with Crippen molar-refractivity contribution in [1.29, 1.82) is 0 Å². The second-order valence-electron chi connectivity index (χ2n) is 3.94. The SMILES string of the molecule is CC(C)n1c(Br)cnc1N1CCOCC1. The number of ether oxygens (including phenoxy) is 1. The smallest absolute Gasteiger partial charge is 0.206 e. The Morgan fingerprint density at radius 3 is 2.67 bits per heavy atom. The summed E-state index contributed by atoms with van der Waals surface area (Å²) in [5.74, 6) is 1.04. The predicted molar refractivity (Wildman–Crippen MR) is 63.3 cm³/mol. The van der Waals surface area contributed by atoms with Crippen LogP contribution in [0.2, 0.25) is 0 Å². The molecule has 1 fully saturated rings. The fraction of sp³-hybridized carbons (Fsp3) is 0.700. The number of imidazole rings is 1.